The van der Waals surface area contributed by atoms with E-state index in [1.54, 1.807) is 7.05 Å². The van der Waals surface area contributed by atoms with E-state index in [9.17, 15) is 16.8 Å². The van der Waals surface area contributed by atoms with Crippen LogP contribution in [0.1, 0.15) is 32.1 Å². The third-order valence-corrected chi connectivity index (χ3v) is 9.30. The highest BCUT2D eigenvalue weighted by Crippen LogP contribution is 2.32. The summed E-state index contributed by atoms with van der Waals surface area (Å²) in [6, 6.07) is 0.856. The first-order chi connectivity index (χ1) is 9.28. The molecule has 3 rings (SSSR count). The maximum absolute atomic E-state index is 12.6. The smallest absolute Gasteiger partial charge is 0.218 e. The lowest BCUT2D eigenvalue weighted by atomic mass is 10.0. The molecule has 0 amide bonds. The van der Waals surface area contributed by atoms with E-state index in [-0.39, 0.29) is 24.0 Å². The van der Waals surface area contributed by atoms with Crippen molar-refractivity contribution in [3.63, 3.8) is 0 Å². The number of sulfone groups is 1. The highest BCUT2D eigenvalue weighted by molar-refractivity contribution is 7.95. The predicted molar refractivity (Wildman–Crippen MR) is 76.7 cm³/mol. The minimum Gasteiger partial charge on any atom is -0.311 e. The quantitative estimate of drug-likeness (QED) is 0.772. The lowest BCUT2D eigenvalue weighted by molar-refractivity contribution is 0.250. The van der Waals surface area contributed by atoms with Gasteiger partial charge in [-0.2, -0.15) is 0 Å². The molecular formula is C12H22N2O4S2. The first-order valence-electron chi connectivity index (χ1n) is 7.21. The van der Waals surface area contributed by atoms with Crippen LogP contribution < -0.4 is 5.32 Å². The zero-order chi connectivity index (χ0) is 14.5. The van der Waals surface area contributed by atoms with Crippen LogP contribution in [-0.2, 0) is 19.9 Å². The van der Waals surface area contributed by atoms with Gasteiger partial charge >= 0.3 is 0 Å². The molecular weight excluding hydrogens is 300 g/mol. The van der Waals surface area contributed by atoms with E-state index in [1.807, 2.05) is 0 Å². The minimum atomic E-state index is -3.50. The Morgan fingerprint density at radius 1 is 1.10 bits per heavy atom. The summed E-state index contributed by atoms with van der Waals surface area (Å²) in [5.41, 5.74) is 0. The topological polar surface area (TPSA) is 83.6 Å². The number of sulfonamides is 1. The van der Waals surface area contributed by atoms with E-state index >= 15 is 0 Å². The zero-order valence-electron chi connectivity index (χ0n) is 11.7. The Morgan fingerprint density at radius 2 is 1.70 bits per heavy atom. The van der Waals surface area contributed by atoms with E-state index in [1.165, 1.54) is 4.31 Å². The first kappa shape index (κ1) is 14.7. The summed E-state index contributed by atoms with van der Waals surface area (Å²) in [6.07, 6.45) is 4.16. The molecule has 3 aliphatic heterocycles. The molecule has 8 heteroatoms. The molecule has 116 valence electrons. The fourth-order valence-corrected chi connectivity index (χ4v) is 8.24. The monoisotopic (exact) mass is 322 g/mol. The van der Waals surface area contributed by atoms with Gasteiger partial charge in [-0.15, -0.1) is 0 Å². The van der Waals surface area contributed by atoms with Gasteiger partial charge in [-0.1, -0.05) is 0 Å². The van der Waals surface area contributed by atoms with E-state index in [4.69, 9.17) is 0 Å². The van der Waals surface area contributed by atoms with Crippen LogP contribution >= 0.6 is 0 Å². The fourth-order valence-electron chi connectivity index (χ4n) is 3.76. The molecule has 0 aromatic heterocycles. The third-order valence-electron chi connectivity index (χ3n) is 4.98. The molecule has 0 aliphatic carbocycles. The molecule has 2 bridgehead atoms. The van der Waals surface area contributed by atoms with Crippen LogP contribution in [0.15, 0.2) is 0 Å². The summed E-state index contributed by atoms with van der Waals surface area (Å²) in [5.74, 6) is -0.209. The minimum absolute atomic E-state index is 0.00219. The van der Waals surface area contributed by atoms with E-state index in [0.29, 0.717) is 12.1 Å². The first-order valence-corrected chi connectivity index (χ1v) is 10.5. The Hall–Kier alpha value is -0.180. The number of nitrogens with one attached hydrogen (secondary N) is 1. The van der Waals surface area contributed by atoms with Gasteiger partial charge in [0.15, 0.2) is 9.84 Å². The molecule has 3 unspecified atom stereocenters. The molecule has 0 aromatic rings. The molecule has 3 atom stereocenters. The number of nitrogens with zero attached hydrogens (tertiary/aromatic N) is 1. The SMILES string of the molecule is CN(C1CC2CCC(C1)N2)S(=O)(=O)C1CCS(=O)(=O)C1. The lowest BCUT2D eigenvalue weighted by Gasteiger charge is -2.35. The van der Waals surface area contributed by atoms with Crippen molar-refractivity contribution >= 4 is 19.9 Å². The summed E-state index contributed by atoms with van der Waals surface area (Å²) < 4.78 is 49.7. The Kier molecular flexibility index (Phi) is 3.63. The second-order valence-electron chi connectivity index (χ2n) is 6.35. The molecule has 3 fully saturated rings. The molecule has 1 N–H and O–H groups in total. The summed E-state index contributed by atoms with van der Waals surface area (Å²) in [6.45, 7) is 0. The molecule has 3 aliphatic rings. The van der Waals surface area contributed by atoms with Gasteiger partial charge in [0.1, 0.15) is 0 Å². The van der Waals surface area contributed by atoms with Crippen LogP contribution in [0.4, 0.5) is 0 Å². The molecule has 0 spiro atoms. The summed E-state index contributed by atoms with van der Waals surface area (Å²) in [4.78, 5) is 0. The van der Waals surface area contributed by atoms with Crippen LogP contribution in [0.2, 0.25) is 0 Å². The van der Waals surface area contributed by atoms with Gasteiger partial charge < -0.3 is 5.32 Å². The van der Waals surface area contributed by atoms with Crippen molar-refractivity contribution in [2.45, 2.75) is 55.5 Å². The molecule has 3 heterocycles. The van der Waals surface area contributed by atoms with Gasteiger partial charge in [-0.25, -0.2) is 21.1 Å². The number of fused-ring (bicyclic) bond motifs is 2. The Labute approximate surface area is 120 Å². The normalized spacial score (nSPS) is 40.3. The Morgan fingerprint density at radius 3 is 2.20 bits per heavy atom. The van der Waals surface area contributed by atoms with Gasteiger partial charge in [0.2, 0.25) is 10.0 Å². The Balaban J connectivity index is 1.74. The lowest BCUT2D eigenvalue weighted by Crippen LogP contribution is -2.50. The van der Waals surface area contributed by atoms with Gasteiger partial charge in [-0.3, -0.25) is 0 Å². The van der Waals surface area contributed by atoms with Gasteiger partial charge in [0, 0.05) is 25.2 Å². The van der Waals surface area contributed by atoms with Crippen molar-refractivity contribution < 1.29 is 16.8 Å². The van der Waals surface area contributed by atoms with Gasteiger partial charge in [0.05, 0.1) is 16.8 Å². The maximum atomic E-state index is 12.6. The highest BCUT2D eigenvalue weighted by atomic mass is 32.2. The molecule has 20 heavy (non-hydrogen) atoms. The number of hydrogen-bond acceptors (Lipinski definition) is 5. The average Bonchev–Trinajstić information content (AvgIpc) is 2.91. The van der Waals surface area contributed by atoms with E-state index < -0.39 is 25.1 Å². The standard InChI is InChI=1S/C12H22N2O4S2/c1-14(11-6-9-2-3-10(7-11)13-9)20(17,18)12-4-5-19(15,16)8-12/h9-13H,2-8H2,1H3. The van der Waals surface area contributed by atoms with Gasteiger partial charge in [-0.05, 0) is 32.1 Å². The van der Waals surface area contributed by atoms with Crippen LogP contribution in [-0.4, -0.2) is 63.1 Å². The zero-order valence-corrected chi connectivity index (χ0v) is 13.3. The van der Waals surface area contributed by atoms with Crippen LogP contribution in [0.3, 0.4) is 0 Å². The fraction of sp³-hybridized carbons (Fsp3) is 1.00. The summed E-state index contributed by atoms with van der Waals surface area (Å²) in [7, 11) is -5.05. The molecule has 0 radical (unpaired) electrons. The van der Waals surface area contributed by atoms with Crippen molar-refractivity contribution in [2.24, 2.45) is 0 Å². The second kappa shape index (κ2) is 4.93. The summed E-state index contributed by atoms with van der Waals surface area (Å²) >= 11 is 0. The number of rotatable bonds is 3. The van der Waals surface area contributed by atoms with Gasteiger partial charge in [0.25, 0.3) is 0 Å². The predicted octanol–water partition coefficient (Wildman–Crippen LogP) is -0.282. The average molecular weight is 322 g/mol. The molecule has 0 aromatic carbocycles. The van der Waals surface area contributed by atoms with Crippen molar-refractivity contribution in [3.05, 3.63) is 0 Å². The summed E-state index contributed by atoms with van der Waals surface area (Å²) in [5, 5.41) is 2.75. The van der Waals surface area contributed by atoms with Crippen molar-refractivity contribution in [2.75, 3.05) is 18.6 Å². The van der Waals surface area contributed by atoms with E-state index in [0.717, 1.165) is 25.7 Å². The highest BCUT2D eigenvalue weighted by Gasteiger charge is 2.44. The largest absolute Gasteiger partial charge is 0.311 e. The van der Waals surface area contributed by atoms with E-state index in [2.05, 4.69) is 5.32 Å². The van der Waals surface area contributed by atoms with Crippen molar-refractivity contribution in [3.8, 4) is 0 Å². The van der Waals surface area contributed by atoms with Crippen molar-refractivity contribution in [1.29, 1.82) is 0 Å². The number of piperidine rings is 1. The molecule has 6 nitrogen and oxygen atoms in total. The van der Waals surface area contributed by atoms with Crippen LogP contribution in [0, 0.1) is 0 Å². The number of hydrogen-bond donors (Lipinski definition) is 1. The maximum Gasteiger partial charge on any atom is 0.218 e. The van der Waals surface area contributed by atoms with Crippen LogP contribution in [0.25, 0.3) is 0 Å². The Bertz CT molecular complexity index is 575. The third kappa shape index (κ3) is 2.63. The molecule has 0 saturated carbocycles. The van der Waals surface area contributed by atoms with Crippen LogP contribution in [0.5, 0.6) is 0 Å². The second-order valence-corrected chi connectivity index (χ2v) is 10.9. The molecule has 3 saturated heterocycles. The van der Waals surface area contributed by atoms with Crippen molar-refractivity contribution in [1.82, 2.24) is 9.62 Å².